The zero-order valence-electron chi connectivity index (χ0n) is 57.7. The second-order valence-electron chi connectivity index (χ2n) is 26.0. The molecule has 0 amide bonds. The number of carbonyl (C=O) groups is 4. The Morgan fingerprint density at radius 1 is 0.326 bits per heavy atom. The summed E-state index contributed by atoms with van der Waals surface area (Å²) in [6, 6.07) is 0. The lowest BCUT2D eigenvalue weighted by Crippen LogP contribution is -2.30. The predicted molar refractivity (Wildman–Crippen MR) is 358 cm³/mol. The average Bonchev–Trinajstić information content (AvgIpc) is 3.69. The molecule has 3 unspecified atom stereocenters. The van der Waals surface area contributed by atoms with E-state index in [0.717, 1.165) is 102 Å². The van der Waals surface area contributed by atoms with E-state index in [1.54, 1.807) is 0 Å². The first-order valence-corrected chi connectivity index (χ1v) is 39.5. The molecule has 0 fully saturated rings. The predicted octanol–water partition coefficient (Wildman–Crippen LogP) is 20.0. The van der Waals surface area contributed by atoms with Gasteiger partial charge in [-0.2, -0.15) is 0 Å². The van der Waals surface area contributed by atoms with Gasteiger partial charge in [-0.25, -0.2) is 9.13 Å². The number of hydrogen-bond donors (Lipinski definition) is 3. The minimum absolute atomic E-state index is 0.103. The molecule has 0 aliphatic rings. The third-order valence-electron chi connectivity index (χ3n) is 16.6. The van der Waals surface area contributed by atoms with E-state index in [1.165, 1.54) is 167 Å². The van der Waals surface area contributed by atoms with Crippen LogP contribution < -0.4 is 0 Å². The summed E-state index contributed by atoms with van der Waals surface area (Å²) in [6.07, 6.45) is 47.8. The lowest BCUT2D eigenvalue weighted by atomic mass is 9.99. The van der Waals surface area contributed by atoms with Crippen molar-refractivity contribution in [2.45, 2.75) is 374 Å². The SMILES string of the molecule is CCCCCCCCCCCCCCC(=O)OC[C@H](COP(=O)(O)OC[C@@H](O)COP(=O)(O)OC[C@@H](COC(=O)CCCCCCC)OC(=O)CCCCCCCCCC(C)C)OC(=O)CCCCCCCCCCCCCCCCCCCCC(C)CC. The molecular formula is C70H136O17P2. The van der Waals surface area contributed by atoms with Crippen LogP contribution in [0.2, 0.25) is 0 Å². The zero-order valence-corrected chi connectivity index (χ0v) is 59.5. The summed E-state index contributed by atoms with van der Waals surface area (Å²) < 4.78 is 68.0. The molecule has 0 rings (SSSR count). The van der Waals surface area contributed by atoms with Gasteiger partial charge in [0.25, 0.3) is 0 Å². The minimum Gasteiger partial charge on any atom is -0.462 e. The highest BCUT2D eigenvalue weighted by atomic mass is 31.2. The second kappa shape index (κ2) is 62.2. The first-order valence-electron chi connectivity index (χ1n) is 36.5. The summed E-state index contributed by atoms with van der Waals surface area (Å²) in [5, 5.41) is 10.5. The molecule has 0 aromatic heterocycles. The molecule has 528 valence electrons. The van der Waals surface area contributed by atoms with Crippen LogP contribution in [0.1, 0.15) is 356 Å². The first-order chi connectivity index (χ1) is 42.9. The highest BCUT2D eigenvalue weighted by Gasteiger charge is 2.30. The summed E-state index contributed by atoms with van der Waals surface area (Å²) in [6.45, 7) is 9.45. The van der Waals surface area contributed by atoms with Crippen LogP contribution in [0, 0.1) is 11.8 Å². The fourth-order valence-electron chi connectivity index (χ4n) is 10.6. The minimum atomic E-state index is -4.95. The van der Waals surface area contributed by atoms with Gasteiger partial charge in [-0.3, -0.25) is 37.3 Å². The summed E-state index contributed by atoms with van der Waals surface area (Å²) in [5.41, 5.74) is 0. The van der Waals surface area contributed by atoms with Gasteiger partial charge in [0.05, 0.1) is 26.4 Å². The van der Waals surface area contributed by atoms with Crippen molar-refractivity contribution < 1.29 is 80.2 Å². The third-order valence-corrected chi connectivity index (χ3v) is 18.5. The number of esters is 4. The Balaban J connectivity index is 5.09. The average molecular weight is 1310 g/mol. The number of rotatable bonds is 69. The van der Waals surface area contributed by atoms with Crippen LogP contribution in [0.25, 0.3) is 0 Å². The highest BCUT2D eigenvalue weighted by Crippen LogP contribution is 2.45. The molecule has 89 heavy (non-hydrogen) atoms. The standard InChI is InChI=1S/C70H136O17P2/c1-7-10-12-14-15-16-17-27-30-35-41-47-53-68(73)81-59-66(87-69(74)54-48-42-36-31-28-25-23-21-19-18-20-22-24-26-29-34-40-45-51-63(6)9-3)61-85-89(78,79)83-57-64(71)56-82-88(76,77)84-60-65(58-80-67(72)52-46-38-13-11-8-2)86-70(75)55-49-43-37-32-33-39-44-50-62(4)5/h62-66,71H,7-61H2,1-6H3,(H,76,77)(H,78,79)/t63?,64-,65+,66+/m0/s1. The maximum Gasteiger partial charge on any atom is 0.472 e. The van der Waals surface area contributed by atoms with Gasteiger partial charge >= 0.3 is 39.5 Å². The van der Waals surface area contributed by atoms with E-state index in [0.29, 0.717) is 31.6 Å². The fourth-order valence-corrected chi connectivity index (χ4v) is 12.1. The number of phosphoric ester groups is 2. The van der Waals surface area contributed by atoms with Crippen molar-refractivity contribution in [1.29, 1.82) is 0 Å². The number of hydrogen-bond acceptors (Lipinski definition) is 15. The normalized spacial score (nSPS) is 14.4. The van der Waals surface area contributed by atoms with Gasteiger partial charge < -0.3 is 33.8 Å². The van der Waals surface area contributed by atoms with E-state index in [4.69, 9.17) is 37.0 Å². The molecule has 0 heterocycles. The molecule has 0 aliphatic heterocycles. The zero-order chi connectivity index (χ0) is 65.7. The van der Waals surface area contributed by atoms with Gasteiger partial charge in [0, 0.05) is 25.7 Å². The van der Waals surface area contributed by atoms with Gasteiger partial charge in [-0.05, 0) is 37.5 Å². The molecule has 0 bridgehead atoms. The summed E-state index contributed by atoms with van der Waals surface area (Å²) in [4.78, 5) is 72.2. The molecule has 3 N–H and O–H groups in total. The smallest absolute Gasteiger partial charge is 0.462 e. The monoisotopic (exact) mass is 1310 g/mol. The van der Waals surface area contributed by atoms with Crippen LogP contribution >= 0.6 is 15.6 Å². The molecule has 0 radical (unpaired) electrons. The molecule has 17 nitrogen and oxygen atoms in total. The largest absolute Gasteiger partial charge is 0.472 e. The van der Waals surface area contributed by atoms with Crippen molar-refractivity contribution >= 4 is 39.5 Å². The van der Waals surface area contributed by atoms with Gasteiger partial charge in [0.15, 0.2) is 12.2 Å². The maximum absolute atomic E-state index is 13.0. The molecule has 19 heteroatoms. The first kappa shape index (κ1) is 87.1. The molecule has 0 aromatic carbocycles. The van der Waals surface area contributed by atoms with Crippen LogP contribution in [-0.2, 0) is 65.4 Å². The highest BCUT2D eigenvalue weighted by molar-refractivity contribution is 7.47. The Bertz CT molecular complexity index is 1740. The van der Waals surface area contributed by atoms with E-state index in [1.807, 2.05) is 0 Å². The lowest BCUT2D eigenvalue weighted by Gasteiger charge is -2.21. The number of unbranched alkanes of at least 4 members (excludes halogenated alkanes) is 38. The van der Waals surface area contributed by atoms with E-state index in [9.17, 15) is 43.2 Å². The fraction of sp³-hybridized carbons (Fsp3) is 0.943. The Morgan fingerprint density at radius 3 is 0.854 bits per heavy atom. The van der Waals surface area contributed by atoms with Crippen LogP contribution in [0.3, 0.4) is 0 Å². The quantitative estimate of drug-likeness (QED) is 0.0222. The van der Waals surface area contributed by atoms with Crippen LogP contribution in [0.4, 0.5) is 0 Å². The third kappa shape index (κ3) is 63.2. The maximum atomic E-state index is 13.0. The van der Waals surface area contributed by atoms with Crippen molar-refractivity contribution in [2.75, 3.05) is 39.6 Å². The van der Waals surface area contributed by atoms with Gasteiger partial charge in [0.1, 0.15) is 19.3 Å². The lowest BCUT2D eigenvalue weighted by molar-refractivity contribution is -0.161. The number of carbonyl (C=O) groups excluding carboxylic acids is 4. The van der Waals surface area contributed by atoms with Crippen molar-refractivity contribution in [2.24, 2.45) is 11.8 Å². The Morgan fingerprint density at radius 2 is 0.573 bits per heavy atom. The summed E-state index contributed by atoms with van der Waals surface area (Å²) in [5.74, 6) is -0.571. The molecular weight excluding hydrogens is 1170 g/mol. The van der Waals surface area contributed by atoms with Crippen LogP contribution in [0.15, 0.2) is 0 Å². The van der Waals surface area contributed by atoms with Crippen molar-refractivity contribution in [1.82, 2.24) is 0 Å². The van der Waals surface area contributed by atoms with E-state index < -0.39 is 97.5 Å². The van der Waals surface area contributed by atoms with E-state index in [-0.39, 0.29) is 25.7 Å². The van der Waals surface area contributed by atoms with Gasteiger partial charge in [0.2, 0.25) is 0 Å². The molecule has 6 atom stereocenters. The number of aliphatic hydroxyl groups is 1. The Labute approximate surface area is 543 Å². The molecule has 0 saturated carbocycles. The summed E-state index contributed by atoms with van der Waals surface area (Å²) in [7, 11) is -9.89. The number of aliphatic hydroxyl groups excluding tert-OH is 1. The number of ether oxygens (including phenoxy) is 4. The van der Waals surface area contributed by atoms with E-state index in [2.05, 4.69) is 41.5 Å². The van der Waals surface area contributed by atoms with Crippen LogP contribution in [-0.4, -0.2) is 96.7 Å². The second-order valence-corrected chi connectivity index (χ2v) is 28.9. The molecule has 0 aromatic rings. The van der Waals surface area contributed by atoms with Crippen molar-refractivity contribution in [3.05, 3.63) is 0 Å². The Kier molecular flexibility index (Phi) is 60.8. The molecule has 0 saturated heterocycles. The van der Waals surface area contributed by atoms with Crippen molar-refractivity contribution in [3.63, 3.8) is 0 Å². The van der Waals surface area contributed by atoms with Gasteiger partial charge in [-0.15, -0.1) is 0 Å². The van der Waals surface area contributed by atoms with Crippen molar-refractivity contribution in [3.8, 4) is 0 Å². The number of phosphoric acid groups is 2. The van der Waals surface area contributed by atoms with E-state index >= 15 is 0 Å². The Hall–Kier alpha value is -1.94. The van der Waals surface area contributed by atoms with Gasteiger partial charge in [-0.1, -0.05) is 305 Å². The molecule has 0 spiro atoms. The molecule has 0 aliphatic carbocycles. The summed E-state index contributed by atoms with van der Waals surface area (Å²) >= 11 is 0. The van der Waals surface area contributed by atoms with Crippen LogP contribution in [0.5, 0.6) is 0 Å². The topological polar surface area (TPSA) is 237 Å².